The molecule has 7 heteroatoms. The lowest BCUT2D eigenvalue weighted by Crippen LogP contribution is -2.48. The van der Waals surface area contributed by atoms with Gasteiger partial charge in [-0.25, -0.2) is 8.42 Å². The minimum atomic E-state index is -3.44. The molecule has 28 heavy (non-hydrogen) atoms. The quantitative estimate of drug-likeness (QED) is 0.662. The number of sulfonamides is 1. The van der Waals surface area contributed by atoms with Crippen LogP contribution in [0.1, 0.15) is 11.3 Å². The smallest absolute Gasteiger partial charge is 0.243 e. The molecule has 0 bridgehead atoms. The lowest BCUT2D eigenvalue weighted by molar-refractivity contribution is 0.166. The Bertz CT molecular complexity index is 1020. The number of aryl methyl sites for hydroxylation is 1. The van der Waals surface area contributed by atoms with Gasteiger partial charge in [0, 0.05) is 37.8 Å². The Labute approximate surface area is 165 Å². The summed E-state index contributed by atoms with van der Waals surface area (Å²) in [5.41, 5.74) is 2.88. The number of piperazine rings is 1. The Morgan fingerprint density at radius 1 is 0.964 bits per heavy atom. The van der Waals surface area contributed by atoms with E-state index in [9.17, 15) is 8.42 Å². The van der Waals surface area contributed by atoms with Gasteiger partial charge in [0.2, 0.25) is 10.0 Å². The summed E-state index contributed by atoms with van der Waals surface area (Å²) < 4.78 is 32.6. The average molecular weight is 398 g/mol. The van der Waals surface area contributed by atoms with E-state index in [1.165, 1.54) is 0 Å². The molecular weight excluding hydrogens is 374 g/mol. The average Bonchev–Trinajstić information content (AvgIpc) is 3.18. The van der Waals surface area contributed by atoms with Crippen LogP contribution in [0.5, 0.6) is 0 Å². The van der Waals surface area contributed by atoms with Crippen molar-refractivity contribution in [3.63, 3.8) is 0 Å². The molecule has 2 heterocycles. The lowest BCUT2D eigenvalue weighted by atomic mass is 10.1. The third-order valence-corrected chi connectivity index (χ3v) is 6.91. The van der Waals surface area contributed by atoms with Crippen LogP contribution in [0, 0.1) is 6.92 Å². The fraction of sp³-hybridized carbons (Fsp3) is 0.286. The van der Waals surface area contributed by atoms with Gasteiger partial charge < -0.3 is 4.52 Å². The van der Waals surface area contributed by atoms with Gasteiger partial charge in [0.05, 0.1) is 11.4 Å². The SMILES string of the molecule is Cc1ccc(S(=O)(=O)N2CCN(Cc3cc(-c4ccccc4)no3)CC2)cc1. The summed E-state index contributed by atoms with van der Waals surface area (Å²) in [6, 6.07) is 18.9. The molecule has 3 aromatic rings. The number of aromatic nitrogens is 1. The Morgan fingerprint density at radius 2 is 1.64 bits per heavy atom. The predicted octanol–water partition coefficient (Wildman–Crippen LogP) is 3.16. The molecule has 0 unspecified atom stereocenters. The van der Waals surface area contributed by atoms with E-state index in [1.54, 1.807) is 16.4 Å². The van der Waals surface area contributed by atoms with Crippen LogP contribution >= 0.6 is 0 Å². The van der Waals surface area contributed by atoms with E-state index in [4.69, 9.17) is 4.52 Å². The molecule has 1 fully saturated rings. The summed E-state index contributed by atoms with van der Waals surface area (Å²) in [4.78, 5) is 2.55. The third kappa shape index (κ3) is 4.01. The van der Waals surface area contributed by atoms with E-state index < -0.39 is 10.0 Å². The van der Waals surface area contributed by atoms with Crippen LogP contribution in [-0.2, 0) is 16.6 Å². The largest absolute Gasteiger partial charge is 0.359 e. The molecule has 146 valence electrons. The summed E-state index contributed by atoms with van der Waals surface area (Å²) >= 11 is 0. The Kier molecular flexibility index (Phi) is 5.30. The summed E-state index contributed by atoms with van der Waals surface area (Å²) in [6.45, 7) is 4.82. The zero-order valence-electron chi connectivity index (χ0n) is 15.8. The molecule has 1 aliphatic rings. The van der Waals surface area contributed by atoms with Crippen molar-refractivity contribution in [2.75, 3.05) is 26.2 Å². The summed E-state index contributed by atoms with van der Waals surface area (Å²) in [6.07, 6.45) is 0. The lowest BCUT2D eigenvalue weighted by Gasteiger charge is -2.33. The van der Waals surface area contributed by atoms with Gasteiger partial charge in [-0.05, 0) is 19.1 Å². The Balaban J connectivity index is 1.37. The predicted molar refractivity (Wildman–Crippen MR) is 107 cm³/mol. The van der Waals surface area contributed by atoms with Crippen molar-refractivity contribution in [3.05, 3.63) is 72.0 Å². The van der Waals surface area contributed by atoms with Crippen molar-refractivity contribution >= 4 is 10.0 Å². The van der Waals surface area contributed by atoms with Crippen molar-refractivity contribution in [3.8, 4) is 11.3 Å². The first-order chi connectivity index (χ1) is 13.5. The maximum atomic E-state index is 12.8. The maximum absolute atomic E-state index is 12.8. The molecule has 0 amide bonds. The highest BCUT2D eigenvalue weighted by Gasteiger charge is 2.28. The van der Waals surface area contributed by atoms with E-state index in [1.807, 2.05) is 55.5 Å². The van der Waals surface area contributed by atoms with E-state index in [0.717, 1.165) is 22.6 Å². The van der Waals surface area contributed by atoms with Gasteiger partial charge in [-0.15, -0.1) is 0 Å². The van der Waals surface area contributed by atoms with E-state index >= 15 is 0 Å². The van der Waals surface area contributed by atoms with Gasteiger partial charge in [-0.2, -0.15) is 4.31 Å². The number of hydrogen-bond acceptors (Lipinski definition) is 5. The first-order valence-electron chi connectivity index (χ1n) is 9.32. The van der Waals surface area contributed by atoms with Gasteiger partial charge in [0.25, 0.3) is 0 Å². The molecule has 0 aliphatic carbocycles. The van der Waals surface area contributed by atoms with Crippen molar-refractivity contribution in [1.29, 1.82) is 0 Å². The molecule has 1 aliphatic heterocycles. The van der Waals surface area contributed by atoms with Crippen LogP contribution in [0.15, 0.2) is 70.1 Å². The summed E-state index contributed by atoms with van der Waals surface area (Å²) in [7, 11) is -3.44. The highest BCUT2D eigenvalue weighted by molar-refractivity contribution is 7.89. The van der Waals surface area contributed by atoms with Crippen LogP contribution in [0.25, 0.3) is 11.3 Å². The number of benzene rings is 2. The van der Waals surface area contributed by atoms with Crippen LogP contribution in [0.3, 0.4) is 0 Å². The second-order valence-corrected chi connectivity index (χ2v) is 8.98. The topological polar surface area (TPSA) is 66.7 Å². The summed E-state index contributed by atoms with van der Waals surface area (Å²) in [5, 5.41) is 4.14. The van der Waals surface area contributed by atoms with E-state index in [2.05, 4.69) is 10.1 Å². The van der Waals surface area contributed by atoms with Crippen molar-refractivity contribution in [2.24, 2.45) is 0 Å². The van der Waals surface area contributed by atoms with Crippen molar-refractivity contribution < 1.29 is 12.9 Å². The number of nitrogens with zero attached hydrogens (tertiary/aromatic N) is 3. The number of rotatable bonds is 5. The van der Waals surface area contributed by atoms with E-state index in [0.29, 0.717) is 37.6 Å². The first-order valence-corrected chi connectivity index (χ1v) is 10.8. The second-order valence-electron chi connectivity index (χ2n) is 7.04. The first kappa shape index (κ1) is 18.9. The molecule has 0 atom stereocenters. The highest BCUT2D eigenvalue weighted by Crippen LogP contribution is 2.21. The summed E-state index contributed by atoms with van der Waals surface area (Å²) in [5.74, 6) is 0.786. The van der Waals surface area contributed by atoms with Gasteiger partial charge >= 0.3 is 0 Å². The molecule has 4 rings (SSSR count). The zero-order chi connectivity index (χ0) is 19.6. The highest BCUT2D eigenvalue weighted by atomic mass is 32.2. The van der Waals surface area contributed by atoms with Crippen molar-refractivity contribution in [2.45, 2.75) is 18.4 Å². The molecule has 1 saturated heterocycles. The standard InChI is InChI=1S/C21H23N3O3S/c1-17-7-9-20(10-8-17)28(25,26)24-13-11-23(12-14-24)16-19-15-21(22-27-19)18-5-3-2-4-6-18/h2-10,15H,11-14,16H2,1H3. The van der Waals surface area contributed by atoms with Gasteiger partial charge in [0.1, 0.15) is 5.69 Å². The normalized spacial score (nSPS) is 16.3. The molecule has 6 nitrogen and oxygen atoms in total. The zero-order valence-corrected chi connectivity index (χ0v) is 16.6. The monoisotopic (exact) mass is 397 g/mol. The van der Waals surface area contributed by atoms with Gasteiger partial charge in [-0.3, -0.25) is 4.90 Å². The molecule has 0 radical (unpaired) electrons. The number of hydrogen-bond donors (Lipinski definition) is 0. The second kappa shape index (κ2) is 7.87. The van der Waals surface area contributed by atoms with Crippen LogP contribution in [0.4, 0.5) is 0 Å². The van der Waals surface area contributed by atoms with Crippen LogP contribution in [-0.4, -0.2) is 49.0 Å². The molecular formula is C21H23N3O3S. The minimum Gasteiger partial charge on any atom is -0.359 e. The molecule has 1 aromatic heterocycles. The molecule has 0 spiro atoms. The maximum Gasteiger partial charge on any atom is 0.243 e. The molecule has 0 saturated carbocycles. The fourth-order valence-electron chi connectivity index (χ4n) is 3.34. The van der Waals surface area contributed by atoms with Crippen molar-refractivity contribution in [1.82, 2.24) is 14.4 Å². The fourth-order valence-corrected chi connectivity index (χ4v) is 4.76. The Hall–Kier alpha value is -2.48. The van der Waals surface area contributed by atoms with E-state index in [-0.39, 0.29) is 0 Å². The Morgan fingerprint density at radius 3 is 2.32 bits per heavy atom. The van der Waals surface area contributed by atoms with Crippen LogP contribution in [0.2, 0.25) is 0 Å². The molecule has 0 N–H and O–H groups in total. The minimum absolute atomic E-state index is 0.356. The van der Waals surface area contributed by atoms with Gasteiger partial charge in [-0.1, -0.05) is 53.2 Å². The van der Waals surface area contributed by atoms with Crippen LogP contribution < -0.4 is 0 Å². The third-order valence-electron chi connectivity index (χ3n) is 5.00. The van der Waals surface area contributed by atoms with Gasteiger partial charge in [0.15, 0.2) is 5.76 Å². The molecule has 2 aromatic carbocycles.